The lowest BCUT2D eigenvalue weighted by molar-refractivity contribution is -0.126. The summed E-state index contributed by atoms with van der Waals surface area (Å²) < 4.78 is 18.8. The third-order valence-corrected chi connectivity index (χ3v) is 6.09. The molecule has 35 heavy (non-hydrogen) atoms. The molecule has 3 aromatic rings. The highest BCUT2D eigenvalue weighted by molar-refractivity contribution is 6.04. The van der Waals surface area contributed by atoms with E-state index in [-0.39, 0.29) is 24.3 Å². The molecule has 1 aliphatic rings. The third-order valence-electron chi connectivity index (χ3n) is 6.09. The number of furan rings is 1. The number of anilines is 1. The van der Waals surface area contributed by atoms with Gasteiger partial charge in [0.2, 0.25) is 11.8 Å². The summed E-state index contributed by atoms with van der Waals surface area (Å²) in [5.41, 5.74) is 1.86. The van der Waals surface area contributed by atoms with Gasteiger partial charge in [-0.25, -0.2) is 4.39 Å². The maximum Gasteiger partial charge on any atom is 0.287 e. The molecule has 2 aromatic carbocycles. The maximum atomic E-state index is 13.7. The Labute approximate surface area is 203 Å². The molecule has 1 atom stereocenters. The summed E-state index contributed by atoms with van der Waals surface area (Å²) in [5, 5.41) is 5.63. The van der Waals surface area contributed by atoms with E-state index in [9.17, 15) is 18.8 Å². The number of nitrogens with one attached hydrogen (secondary N) is 2. The first-order chi connectivity index (χ1) is 16.9. The third kappa shape index (κ3) is 5.95. The lowest BCUT2D eigenvalue weighted by Gasteiger charge is -2.32. The van der Waals surface area contributed by atoms with E-state index in [1.165, 1.54) is 41.5 Å². The van der Waals surface area contributed by atoms with Gasteiger partial charge in [-0.15, -0.1) is 0 Å². The van der Waals surface area contributed by atoms with Crippen molar-refractivity contribution in [1.29, 1.82) is 0 Å². The highest BCUT2D eigenvalue weighted by atomic mass is 19.1. The molecule has 0 spiro atoms. The van der Waals surface area contributed by atoms with Gasteiger partial charge >= 0.3 is 0 Å². The Kier molecular flexibility index (Phi) is 7.60. The molecular weight excluding hydrogens is 449 g/mol. The van der Waals surface area contributed by atoms with Gasteiger partial charge in [0, 0.05) is 11.7 Å². The van der Waals surface area contributed by atoms with Crippen LogP contribution in [-0.2, 0) is 9.59 Å². The van der Waals surface area contributed by atoms with Gasteiger partial charge in [-0.05, 0) is 67.3 Å². The number of nitrogens with zero attached hydrogens (tertiary/aromatic N) is 1. The Balaban J connectivity index is 1.68. The summed E-state index contributed by atoms with van der Waals surface area (Å²) in [6, 6.07) is 14.8. The number of hydrogen-bond donors (Lipinski definition) is 2. The van der Waals surface area contributed by atoms with Gasteiger partial charge in [0.15, 0.2) is 5.76 Å². The van der Waals surface area contributed by atoms with Crippen LogP contribution in [0, 0.1) is 12.7 Å². The molecule has 8 heteroatoms. The van der Waals surface area contributed by atoms with E-state index < -0.39 is 23.7 Å². The zero-order chi connectivity index (χ0) is 24.8. The van der Waals surface area contributed by atoms with Gasteiger partial charge in [0.05, 0.1) is 12.8 Å². The van der Waals surface area contributed by atoms with Crippen LogP contribution in [0.25, 0.3) is 0 Å². The molecular formula is C27H28FN3O4. The fourth-order valence-electron chi connectivity index (χ4n) is 4.36. The number of aryl methyl sites for hydroxylation is 1. The Hall–Kier alpha value is -3.94. The average Bonchev–Trinajstić information content (AvgIpc) is 3.56. The molecule has 1 saturated carbocycles. The van der Waals surface area contributed by atoms with Crippen LogP contribution in [0.5, 0.6) is 0 Å². The summed E-state index contributed by atoms with van der Waals surface area (Å²) >= 11 is 0. The van der Waals surface area contributed by atoms with Crippen LogP contribution in [-0.4, -0.2) is 30.3 Å². The van der Waals surface area contributed by atoms with Crippen LogP contribution in [0.3, 0.4) is 0 Å². The summed E-state index contributed by atoms with van der Waals surface area (Å²) in [4.78, 5) is 40.9. The minimum Gasteiger partial charge on any atom is -0.459 e. The average molecular weight is 478 g/mol. The molecule has 3 amide bonds. The summed E-state index contributed by atoms with van der Waals surface area (Å²) in [6.45, 7) is 1.53. The summed E-state index contributed by atoms with van der Waals surface area (Å²) in [5.74, 6) is -1.75. The van der Waals surface area contributed by atoms with Gasteiger partial charge in [-0.3, -0.25) is 19.3 Å². The maximum absolute atomic E-state index is 13.7. The number of carbonyl (C=O) groups is 3. The van der Waals surface area contributed by atoms with Crippen molar-refractivity contribution < 1.29 is 23.2 Å². The van der Waals surface area contributed by atoms with Gasteiger partial charge in [-0.1, -0.05) is 37.1 Å². The van der Waals surface area contributed by atoms with E-state index in [1.807, 2.05) is 13.0 Å². The molecule has 1 heterocycles. The van der Waals surface area contributed by atoms with Gasteiger partial charge in [-0.2, -0.15) is 0 Å². The summed E-state index contributed by atoms with van der Waals surface area (Å²) in [6.07, 6.45) is 5.18. The molecule has 0 aliphatic heterocycles. The van der Waals surface area contributed by atoms with Crippen molar-refractivity contribution in [2.45, 2.75) is 44.7 Å². The van der Waals surface area contributed by atoms with Crippen molar-refractivity contribution in [1.82, 2.24) is 10.6 Å². The Morgan fingerprint density at radius 2 is 1.80 bits per heavy atom. The first kappa shape index (κ1) is 24.2. The van der Waals surface area contributed by atoms with Crippen molar-refractivity contribution in [2.75, 3.05) is 11.4 Å². The number of halogens is 1. The largest absolute Gasteiger partial charge is 0.459 e. The van der Waals surface area contributed by atoms with Gasteiger partial charge in [0.1, 0.15) is 11.9 Å². The molecule has 1 aromatic heterocycles. The van der Waals surface area contributed by atoms with E-state index in [0.29, 0.717) is 11.3 Å². The van der Waals surface area contributed by atoms with E-state index in [1.54, 1.807) is 24.3 Å². The SMILES string of the molecule is Cc1cccc(N(C(=O)CNC(=O)c2ccco2)[C@H](C(=O)NC2CCCC2)c2ccc(F)cc2)c1. The lowest BCUT2D eigenvalue weighted by atomic mass is 10.0. The van der Waals surface area contributed by atoms with Crippen molar-refractivity contribution in [2.24, 2.45) is 0 Å². The Morgan fingerprint density at radius 1 is 1.06 bits per heavy atom. The molecule has 182 valence electrons. The Morgan fingerprint density at radius 3 is 2.46 bits per heavy atom. The smallest absolute Gasteiger partial charge is 0.287 e. The van der Waals surface area contributed by atoms with Crippen molar-refractivity contribution >= 4 is 23.4 Å². The summed E-state index contributed by atoms with van der Waals surface area (Å²) in [7, 11) is 0. The minimum atomic E-state index is -1.05. The quantitative estimate of drug-likeness (QED) is 0.506. The topological polar surface area (TPSA) is 91.7 Å². The first-order valence-corrected chi connectivity index (χ1v) is 11.7. The second-order valence-corrected chi connectivity index (χ2v) is 8.71. The van der Waals surface area contributed by atoms with Crippen molar-refractivity contribution in [3.05, 3.63) is 89.6 Å². The van der Waals surface area contributed by atoms with Crippen LogP contribution in [0.4, 0.5) is 10.1 Å². The lowest BCUT2D eigenvalue weighted by Crippen LogP contribution is -2.49. The normalized spacial score (nSPS) is 14.3. The monoisotopic (exact) mass is 477 g/mol. The van der Waals surface area contributed by atoms with E-state index in [2.05, 4.69) is 10.6 Å². The molecule has 1 fully saturated rings. The fourth-order valence-corrected chi connectivity index (χ4v) is 4.36. The second-order valence-electron chi connectivity index (χ2n) is 8.71. The number of carbonyl (C=O) groups excluding carboxylic acids is 3. The minimum absolute atomic E-state index is 0.0264. The van der Waals surface area contributed by atoms with Crippen molar-refractivity contribution in [3.63, 3.8) is 0 Å². The predicted molar refractivity (Wildman–Crippen MR) is 129 cm³/mol. The first-order valence-electron chi connectivity index (χ1n) is 11.7. The van der Waals surface area contributed by atoms with Crippen LogP contribution < -0.4 is 15.5 Å². The second kappa shape index (κ2) is 11.0. The molecule has 0 saturated heterocycles. The number of hydrogen-bond acceptors (Lipinski definition) is 4. The van der Waals surface area contributed by atoms with E-state index in [4.69, 9.17) is 4.42 Å². The van der Waals surface area contributed by atoms with Crippen LogP contribution in [0.1, 0.15) is 53.4 Å². The van der Waals surface area contributed by atoms with Gasteiger partial charge < -0.3 is 15.1 Å². The highest BCUT2D eigenvalue weighted by Gasteiger charge is 2.34. The molecule has 7 nitrogen and oxygen atoms in total. The standard InChI is InChI=1S/C27H28FN3O4/c1-18-6-4-9-22(16-18)31(24(32)17-29-26(33)23-10-5-15-35-23)25(19-11-13-20(28)14-12-19)27(34)30-21-7-2-3-8-21/h4-6,9-16,21,25H,2-3,7-8,17H2,1H3,(H,29,33)(H,30,34)/t25-/m0/s1. The Bertz CT molecular complexity index is 1170. The predicted octanol–water partition coefficient (Wildman–Crippen LogP) is 4.29. The molecule has 0 unspecified atom stereocenters. The molecule has 0 bridgehead atoms. The van der Waals surface area contributed by atoms with Crippen LogP contribution in [0.15, 0.2) is 71.3 Å². The van der Waals surface area contributed by atoms with E-state index >= 15 is 0 Å². The molecule has 0 radical (unpaired) electrons. The molecule has 2 N–H and O–H groups in total. The number of rotatable bonds is 8. The van der Waals surface area contributed by atoms with E-state index in [0.717, 1.165) is 31.2 Å². The fraction of sp³-hybridized carbons (Fsp3) is 0.296. The molecule has 1 aliphatic carbocycles. The highest BCUT2D eigenvalue weighted by Crippen LogP contribution is 2.30. The zero-order valence-electron chi connectivity index (χ0n) is 19.5. The van der Waals surface area contributed by atoms with Crippen LogP contribution >= 0.6 is 0 Å². The molecule has 4 rings (SSSR count). The van der Waals surface area contributed by atoms with Gasteiger partial charge in [0.25, 0.3) is 5.91 Å². The zero-order valence-corrected chi connectivity index (χ0v) is 19.5. The van der Waals surface area contributed by atoms with Crippen LogP contribution in [0.2, 0.25) is 0 Å². The number of amides is 3. The van der Waals surface area contributed by atoms with Crippen molar-refractivity contribution in [3.8, 4) is 0 Å². The number of benzene rings is 2.